The smallest absolute Gasteiger partial charge is 0.201 e. The molecule has 16 heavy (non-hydrogen) atoms. The van der Waals surface area contributed by atoms with Crippen molar-refractivity contribution < 1.29 is 8.42 Å². The van der Waals surface area contributed by atoms with Gasteiger partial charge in [0.1, 0.15) is 0 Å². The highest BCUT2D eigenvalue weighted by Crippen LogP contribution is 2.02. The van der Waals surface area contributed by atoms with Gasteiger partial charge in [0.2, 0.25) is 0 Å². The van der Waals surface area contributed by atoms with E-state index in [0.29, 0.717) is 0 Å². The highest BCUT2D eigenvalue weighted by atomic mass is 35.5. The molecule has 0 fully saturated rings. The van der Waals surface area contributed by atoms with Crippen LogP contribution in [-0.4, -0.2) is 20.8 Å². The van der Waals surface area contributed by atoms with Gasteiger partial charge in [-0.1, -0.05) is 29.8 Å². The van der Waals surface area contributed by atoms with Crippen LogP contribution in [-0.2, 0) is 16.8 Å². The van der Waals surface area contributed by atoms with Crippen LogP contribution in [0, 0.1) is 6.92 Å². The van der Waals surface area contributed by atoms with E-state index in [-0.39, 0.29) is 19.0 Å². The number of halogens is 1. The minimum atomic E-state index is -3.44. The molecule has 0 saturated carbocycles. The zero-order chi connectivity index (χ0) is 12.0. The predicted octanol–water partition coefficient (Wildman–Crippen LogP) is 1.16. The summed E-state index contributed by atoms with van der Waals surface area (Å²) in [5.41, 5.74) is 2.06. The maximum Gasteiger partial charge on any atom is 0.277 e. The molecule has 0 unspecified atom stereocenters. The molecule has 0 bridgehead atoms. The molecule has 0 radical (unpaired) electrons. The minimum Gasteiger partial charge on any atom is -0.201 e. The van der Waals surface area contributed by atoms with Crippen LogP contribution in [0.3, 0.4) is 0 Å². The number of aryl methyl sites for hydroxylation is 1. The summed E-state index contributed by atoms with van der Waals surface area (Å²) >= 11 is 5.39. The molecule has 0 aliphatic heterocycles. The van der Waals surface area contributed by atoms with E-state index in [0.717, 1.165) is 11.1 Å². The number of nitrogens with one attached hydrogen (secondary N) is 2. The number of hydrogen-bond donors (Lipinski definition) is 2. The summed E-state index contributed by atoms with van der Waals surface area (Å²) in [6.07, 6.45) is 0. The van der Waals surface area contributed by atoms with E-state index in [1.165, 1.54) is 0 Å². The van der Waals surface area contributed by atoms with Crippen molar-refractivity contribution in [2.24, 2.45) is 0 Å². The summed E-state index contributed by atoms with van der Waals surface area (Å²) in [6, 6.07) is 7.66. The van der Waals surface area contributed by atoms with E-state index in [1.807, 2.05) is 31.2 Å². The average Bonchev–Trinajstić information content (AvgIpc) is 2.26. The molecule has 2 N–H and O–H groups in total. The standard InChI is InChI=1S/C10H15ClN2O2S/c1-9-2-4-10(5-3-9)8-13-16(14,15)12-7-6-11/h2-5,12-13H,6-8H2,1H3. The second-order valence-corrected chi connectivity index (χ2v) is 5.36. The van der Waals surface area contributed by atoms with Crippen molar-refractivity contribution in [3.05, 3.63) is 35.4 Å². The molecule has 0 atom stereocenters. The van der Waals surface area contributed by atoms with Crippen LogP contribution >= 0.6 is 11.6 Å². The molecule has 4 nitrogen and oxygen atoms in total. The van der Waals surface area contributed by atoms with Crippen molar-refractivity contribution in [3.8, 4) is 0 Å². The first kappa shape index (κ1) is 13.4. The van der Waals surface area contributed by atoms with Crippen LogP contribution in [0.25, 0.3) is 0 Å². The van der Waals surface area contributed by atoms with E-state index < -0.39 is 10.2 Å². The van der Waals surface area contributed by atoms with Gasteiger partial charge in [0.05, 0.1) is 0 Å². The molecule has 1 aromatic rings. The number of rotatable bonds is 6. The van der Waals surface area contributed by atoms with Gasteiger partial charge in [-0.25, -0.2) is 4.72 Å². The van der Waals surface area contributed by atoms with E-state index in [1.54, 1.807) is 0 Å². The van der Waals surface area contributed by atoms with Crippen molar-refractivity contribution in [2.75, 3.05) is 12.4 Å². The van der Waals surface area contributed by atoms with Gasteiger partial charge >= 0.3 is 0 Å². The molecule has 0 amide bonds. The van der Waals surface area contributed by atoms with Crippen LogP contribution in [0.1, 0.15) is 11.1 Å². The molecule has 1 rings (SSSR count). The van der Waals surface area contributed by atoms with Crippen LogP contribution < -0.4 is 9.44 Å². The SMILES string of the molecule is Cc1ccc(CNS(=O)(=O)NCCCl)cc1. The fourth-order valence-electron chi connectivity index (χ4n) is 1.11. The maximum absolute atomic E-state index is 11.3. The van der Waals surface area contributed by atoms with E-state index in [4.69, 9.17) is 11.6 Å². The van der Waals surface area contributed by atoms with Crippen molar-refractivity contribution in [1.82, 2.24) is 9.44 Å². The first-order valence-electron chi connectivity index (χ1n) is 4.89. The second-order valence-electron chi connectivity index (χ2n) is 3.39. The van der Waals surface area contributed by atoms with E-state index >= 15 is 0 Å². The fraction of sp³-hybridized carbons (Fsp3) is 0.400. The Morgan fingerprint density at radius 1 is 1.19 bits per heavy atom. The van der Waals surface area contributed by atoms with Crippen LogP contribution in [0.4, 0.5) is 0 Å². The Hall–Kier alpha value is -0.620. The molecule has 0 aromatic heterocycles. The average molecular weight is 263 g/mol. The van der Waals surface area contributed by atoms with Gasteiger partial charge < -0.3 is 0 Å². The fourth-order valence-corrected chi connectivity index (χ4v) is 2.14. The third-order valence-corrected chi connectivity index (χ3v) is 3.27. The summed E-state index contributed by atoms with van der Waals surface area (Å²) in [6.45, 7) is 2.48. The van der Waals surface area contributed by atoms with Gasteiger partial charge in [0, 0.05) is 19.0 Å². The third-order valence-electron chi connectivity index (χ3n) is 1.97. The Kier molecular flexibility index (Phi) is 5.21. The third kappa shape index (κ3) is 4.94. The molecule has 0 aliphatic carbocycles. The molecule has 0 aliphatic rings. The first-order chi connectivity index (χ1) is 7.53. The molecular formula is C10H15ClN2O2S. The Labute approximate surface area is 101 Å². The van der Waals surface area contributed by atoms with Gasteiger partial charge in [-0.2, -0.15) is 13.1 Å². The number of hydrogen-bond acceptors (Lipinski definition) is 2. The summed E-state index contributed by atoms with van der Waals surface area (Å²) in [7, 11) is -3.44. The molecule has 0 saturated heterocycles. The van der Waals surface area contributed by atoms with Crippen molar-refractivity contribution in [1.29, 1.82) is 0 Å². The Balaban J connectivity index is 2.48. The number of benzene rings is 1. The Morgan fingerprint density at radius 3 is 2.38 bits per heavy atom. The van der Waals surface area contributed by atoms with E-state index in [2.05, 4.69) is 9.44 Å². The molecule has 0 spiro atoms. The topological polar surface area (TPSA) is 58.2 Å². The number of alkyl halides is 1. The van der Waals surface area contributed by atoms with Gasteiger partial charge in [0.15, 0.2) is 0 Å². The lowest BCUT2D eigenvalue weighted by Crippen LogP contribution is -2.37. The minimum absolute atomic E-state index is 0.227. The van der Waals surface area contributed by atoms with Crippen molar-refractivity contribution in [2.45, 2.75) is 13.5 Å². The highest BCUT2D eigenvalue weighted by Gasteiger charge is 2.07. The maximum atomic E-state index is 11.3. The summed E-state index contributed by atoms with van der Waals surface area (Å²) in [5.74, 6) is 0.255. The lowest BCUT2D eigenvalue weighted by molar-refractivity contribution is 0.568. The Morgan fingerprint density at radius 2 is 1.81 bits per heavy atom. The van der Waals surface area contributed by atoms with Gasteiger partial charge in [-0.3, -0.25) is 0 Å². The molecule has 6 heteroatoms. The lowest BCUT2D eigenvalue weighted by Gasteiger charge is -2.07. The predicted molar refractivity (Wildman–Crippen MR) is 65.7 cm³/mol. The lowest BCUT2D eigenvalue weighted by atomic mass is 10.2. The van der Waals surface area contributed by atoms with Gasteiger partial charge in [-0.05, 0) is 12.5 Å². The zero-order valence-corrected chi connectivity index (χ0v) is 10.6. The second kappa shape index (κ2) is 6.20. The molecule has 0 heterocycles. The normalized spacial score (nSPS) is 11.6. The van der Waals surface area contributed by atoms with Crippen LogP contribution in [0.15, 0.2) is 24.3 Å². The monoisotopic (exact) mass is 262 g/mol. The largest absolute Gasteiger partial charge is 0.277 e. The Bertz CT molecular complexity index is 417. The van der Waals surface area contributed by atoms with Gasteiger partial charge in [0.25, 0.3) is 10.2 Å². The summed E-state index contributed by atoms with van der Waals surface area (Å²) in [4.78, 5) is 0. The quantitative estimate of drug-likeness (QED) is 0.756. The summed E-state index contributed by atoms with van der Waals surface area (Å²) < 4.78 is 27.4. The van der Waals surface area contributed by atoms with E-state index in [9.17, 15) is 8.42 Å². The summed E-state index contributed by atoms with van der Waals surface area (Å²) in [5, 5.41) is 0. The molecular weight excluding hydrogens is 248 g/mol. The highest BCUT2D eigenvalue weighted by molar-refractivity contribution is 7.87. The first-order valence-corrected chi connectivity index (χ1v) is 6.91. The van der Waals surface area contributed by atoms with Gasteiger partial charge in [-0.15, -0.1) is 11.6 Å². The van der Waals surface area contributed by atoms with Crippen LogP contribution in [0.2, 0.25) is 0 Å². The van der Waals surface area contributed by atoms with Crippen LogP contribution in [0.5, 0.6) is 0 Å². The molecule has 1 aromatic carbocycles. The van der Waals surface area contributed by atoms with Crippen molar-refractivity contribution in [3.63, 3.8) is 0 Å². The molecule has 90 valence electrons. The zero-order valence-electron chi connectivity index (χ0n) is 9.03. The van der Waals surface area contributed by atoms with Crippen molar-refractivity contribution >= 4 is 21.8 Å².